The van der Waals surface area contributed by atoms with Gasteiger partial charge in [0.05, 0.1) is 17.2 Å². The van der Waals surface area contributed by atoms with Crippen LogP contribution in [0.25, 0.3) is 11.3 Å². The van der Waals surface area contributed by atoms with Gasteiger partial charge in [0.25, 0.3) is 0 Å². The third-order valence-corrected chi connectivity index (χ3v) is 3.11. The molecule has 1 N–H and O–H groups in total. The lowest BCUT2D eigenvalue weighted by Gasteiger charge is -2.23. The highest BCUT2D eigenvalue weighted by Gasteiger charge is 2.15. The Morgan fingerprint density at radius 3 is 2.05 bits per heavy atom. The van der Waals surface area contributed by atoms with Crippen LogP contribution in [-0.2, 0) is 0 Å². The topological polar surface area (TPSA) is 44.7 Å². The molecule has 0 saturated carbocycles. The second-order valence-corrected chi connectivity index (χ2v) is 4.37. The molecule has 2 aromatic rings. The van der Waals surface area contributed by atoms with Gasteiger partial charge in [-0.25, -0.2) is 0 Å². The molecular formula is C16H13N3O. The normalized spacial score (nSPS) is 14.1. The number of rotatable bonds is 3. The maximum Gasteiger partial charge on any atom is 0.0778 e. The van der Waals surface area contributed by atoms with Crippen molar-refractivity contribution in [1.29, 1.82) is 0 Å². The average Bonchev–Trinajstić information content (AvgIpc) is 2.56. The van der Waals surface area contributed by atoms with Crippen LogP contribution in [0.3, 0.4) is 0 Å². The largest absolute Gasteiger partial charge is 0.275 e. The van der Waals surface area contributed by atoms with E-state index in [1.165, 1.54) is 0 Å². The highest BCUT2D eigenvalue weighted by Crippen LogP contribution is 2.28. The summed E-state index contributed by atoms with van der Waals surface area (Å²) < 4.78 is 0. The molecule has 0 spiro atoms. The molecule has 3 rings (SSSR count). The Labute approximate surface area is 117 Å². The van der Waals surface area contributed by atoms with Crippen molar-refractivity contribution in [2.75, 3.05) is 0 Å². The second kappa shape index (κ2) is 5.40. The van der Waals surface area contributed by atoms with Crippen LogP contribution >= 0.6 is 0 Å². The molecule has 0 atom stereocenters. The van der Waals surface area contributed by atoms with Gasteiger partial charge >= 0.3 is 0 Å². The molecule has 1 aliphatic rings. The third kappa shape index (κ3) is 2.31. The molecule has 1 heterocycles. The summed E-state index contributed by atoms with van der Waals surface area (Å²) in [6.07, 6.45) is 3.50. The molecule has 4 heteroatoms. The summed E-state index contributed by atoms with van der Waals surface area (Å²) in [5, 5.41) is 4.06. The van der Waals surface area contributed by atoms with Crippen LogP contribution in [0.2, 0.25) is 0 Å². The van der Waals surface area contributed by atoms with Crippen LogP contribution < -0.4 is 5.43 Å². The summed E-state index contributed by atoms with van der Waals surface area (Å²) in [5.41, 5.74) is 6.99. The number of allylic oxidation sites excluding steroid dienone is 2. The summed E-state index contributed by atoms with van der Waals surface area (Å²) in [6, 6.07) is 19.9. The average molecular weight is 263 g/mol. The first-order valence-corrected chi connectivity index (χ1v) is 6.31. The van der Waals surface area contributed by atoms with Crippen LogP contribution in [-0.4, -0.2) is 5.12 Å². The van der Waals surface area contributed by atoms with Gasteiger partial charge in [0.1, 0.15) is 0 Å². The zero-order valence-electron chi connectivity index (χ0n) is 10.7. The highest BCUT2D eigenvalue weighted by atomic mass is 16.3. The molecule has 98 valence electrons. The summed E-state index contributed by atoms with van der Waals surface area (Å²) in [4.78, 5) is 10.7. The van der Waals surface area contributed by atoms with E-state index >= 15 is 0 Å². The van der Waals surface area contributed by atoms with Gasteiger partial charge in [-0.2, -0.15) is 0 Å². The number of hydrogen-bond donors (Lipinski definition) is 1. The molecular weight excluding hydrogens is 250 g/mol. The molecule has 1 aliphatic heterocycles. The molecule has 0 fully saturated rings. The first-order chi connectivity index (χ1) is 9.88. The summed E-state index contributed by atoms with van der Waals surface area (Å²) >= 11 is 0. The van der Waals surface area contributed by atoms with Gasteiger partial charge in [-0.3, -0.25) is 5.43 Å². The maximum absolute atomic E-state index is 10.7. The van der Waals surface area contributed by atoms with Crippen molar-refractivity contribution >= 4 is 11.3 Å². The van der Waals surface area contributed by atoms with E-state index in [0.717, 1.165) is 27.5 Å². The van der Waals surface area contributed by atoms with E-state index in [0.29, 0.717) is 0 Å². The predicted molar refractivity (Wildman–Crippen MR) is 79.6 cm³/mol. The number of benzene rings is 2. The third-order valence-electron chi connectivity index (χ3n) is 3.11. The monoisotopic (exact) mass is 263 g/mol. The number of nitrogens with one attached hydrogen (secondary N) is 1. The van der Waals surface area contributed by atoms with E-state index in [9.17, 15) is 4.91 Å². The molecule has 0 unspecified atom stereocenters. The Morgan fingerprint density at radius 1 is 0.850 bits per heavy atom. The van der Waals surface area contributed by atoms with E-state index < -0.39 is 0 Å². The standard InChI is InChI=1S/C16H13N3O/c20-18-19-12-11-15(13-7-3-1-4-8-13)16(17-19)14-9-5-2-6-10-14/h1-12,17H. The second-order valence-electron chi connectivity index (χ2n) is 4.37. The molecule has 0 aliphatic carbocycles. The first-order valence-electron chi connectivity index (χ1n) is 6.31. The van der Waals surface area contributed by atoms with Gasteiger partial charge < -0.3 is 0 Å². The Kier molecular flexibility index (Phi) is 3.29. The van der Waals surface area contributed by atoms with Crippen LogP contribution in [0.1, 0.15) is 11.1 Å². The highest BCUT2D eigenvalue weighted by molar-refractivity contribution is 5.95. The van der Waals surface area contributed by atoms with Crippen LogP contribution in [0, 0.1) is 4.91 Å². The lowest BCUT2D eigenvalue weighted by Crippen LogP contribution is -2.29. The predicted octanol–water partition coefficient (Wildman–Crippen LogP) is 3.57. The fraction of sp³-hybridized carbons (Fsp3) is 0. The van der Waals surface area contributed by atoms with Crippen LogP contribution in [0.4, 0.5) is 0 Å². The minimum absolute atomic E-state index is 0.860. The van der Waals surface area contributed by atoms with Gasteiger partial charge in [0, 0.05) is 11.1 Å². The molecule has 0 aromatic heterocycles. The van der Waals surface area contributed by atoms with Crippen molar-refractivity contribution < 1.29 is 0 Å². The van der Waals surface area contributed by atoms with Crippen molar-refractivity contribution in [1.82, 2.24) is 10.5 Å². The van der Waals surface area contributed by atoms with Gasteiger partial charge in [0.15, 0.2) is 0 Å². The van der Waals surface area contributed by atoms with Crippen molar-refractivity contribution in [2.24, 2.45) is 5.29 Å². The number of nitroso groups, excluding NO2 is 1. The minimum atomic E-state index is 0.860. The van der Waals surface area contributed by atoms with Crippen molar-refractivity contribution in [2.45, 2.75) is 0 Å². The van der Waals surface area contributed by atoms with Gasteiger partial charge in [-0.15, -0.1) is 10.0 Å². The molecule has 0 radical (unpaired) electrons. The number of hydrazine groups is 1. The Hall–Kier alpha value is -2.88. The molecule has 4 nitrogen and oxygen atoms in total. The van der Waals surface area contributed by atoms with Crippen molar-refractivity contribution in [3.8, 4) is 0 Å². The van der Waals surface area contributed by atoms with Gasteiger partial charge in [0.2, 0.25) is 0 Å². The van der Waals surface area contributed by atoms with Crippen LogP contribution in [0.15, 0.2) is 78.2 Å². The quantitative estimate of drug-likeness (QED) is 0.861. The Bertz CT molecular complexity index is 663. The first kappa shape index (κ1) is 12.2. The molecule has 0 bridgehead atoms. The molecule has 0 saturated heterocycles. The van der Waals surface area contributed by atoms with E-state index in [-0.39, 0.29) is 0 Å². The lowest BCUT2D eigenvalue weighted by atomic mass is 9.99. The fourth-order valence-electron chi connectivity index (χ4n) is 2.17. The van der Waals surface area contributed by atoms with Crippen molar-refractivity contribution in [3.63, 3.8) is 0 Å². The minimum Gasteiger partial charge on any atom is -0.275 e. The molecule has 2 aromatic carbocycles. The summed E-state index contributed by atoms with van der Waals surface area (Å²) in [5.74, 6) is 0. The maximum atomic E-state index is 10.7. The SMILES string of the molecule is O=NN1C=CC(c2ccccc2)=C(c2ccccc2)N1. The zero-order valence-corrected chi connectivity index (χ0v) is 10.7. The van der Waals surface area contributed by atoms with E-state index in [1.54, 1.807) is 6.20 Å². The van der Waals surface area contributed by atoms with E-state index in [1.807, 2.05) is 66.7 Å². The molecule has 0 amide bonds. The number of hydrogen-bond acceptors (Lipinski definition) is 3. The summed E-state index contributed by atoms with van der Waals surface area (Å²) in [7, 11) is 0. The van der Waals surface area contributed by atoms with E-state index in [2.05, 4.69) is 10.7 Å². The summed E-state index contributed by atoms with van der Waals surface area (Å²) in [6.45, 7) is 0. The smallest absolute Gasteiger partial charge is 0.0778 e. The Morgan fingerprint density at radius 2 is 1.45 bits per heavy atom. The number of nitrogens with zero attached hydrogens (tertiary/aromatic N) is 2. The van der Waals surface area contributed by atoms with Crippen molar-refractivity contribution in [3.05, 3.63) is 89.0 Å². The fourth-order valence-corrected chi connectivity index (χ4v) is 2.17. The van der Waals surface area contributed by atoms with E-state index in [4.69, 9.17) is 0 Å². The zero-order chi connectivity index (χ0) is 13.8. The Balaban J connectivity index is 2.13. The molecule has 20 heavy (non-hydrogen) atoms. The van der Waals surface area contributed by atoms with Crippen LogP contribution in [0.5, 0.6) is 0 Å². The van der Waals surface area contributed by atoms with Gasteiger partial charge in [-0.1, -0.05) is 60.7 Å². The lowest BCUT2D eigenvalue weighted by molar-refractivity contribution is 0.336. The van der Waals surface area contributed by atoms with Gasteiger partial charge in [-0.05, 0) is 11.6 Å².